The van der Waals surface area contributed by atoms with E-state index in [4.69, 9.17) is 23.2 Å². The minimum atomic E-state index is -0.428. The first kappa shape index (κ1) is 18.9. The van der Waals surface area contributed by atoms with Crippen LogP contribution in [-0.2, 0) is 22.6 Å². The van der Waals surface area contributed by atoms with E-state index in [0.717, 1.165) is 24.9 Å². The second kappa shape index (κ2) is 8.67. The molecule has 26 heavy (non-hydrogen) atoms. The maximum Gasteiger partial charge on any atom is 0.227 e. The van der Waals surface area contributed by atoms with Gasteiger partial charge in [-0.2, -0.15) is 0 Å². The minimum absolute atomic E-state index is 0.0696. The van der Waals surface area contributed by atoms with Crippen molar-refractivity contribution in [1.82, 2.24) is 9.80 Å². The Balaban J connectivity index is 1.62. The predicted octanol–water partition coefficient (Wildman–Crippen LogP) is 3.45. The number of halogens is 2. The summed E-state index contributed by atoms with van der Waals surface area (Å²) in [5.74, 6) is -0.0696. The number of carbonyl (C=O) groups is 2. The predicted molar refractivity (Wildman–Crippen MR) is 103 cm³/mol. The third-order valence-corrected chi connectivity index (χ3v) is 5.31. The molecule has 2 aromatic carbocycles. The summed E-state index contributed by atoms with van der Waals surface area (Å²) in [6, 6.07) is 14.9. The summed E-state index contributed by atoms with van der Waals surface area (Å²) >= 11 is 11.9. The number of hydrogen-bond donors (Lipinski definition) is 0. The first-order chi connectivity index (χ1) is 12.6. The van der Waals surface area contributed by atoms with Crippen LogP contribution >= 0.6 is 23.2 Å². The highest BCUT2D eigenvalue weighted by Gasteiger charge is 2.30. The fourth-order valence-corrected chi connectivity index (χ4v) is 3.53. The molecule has 136 valence electrons. The Morgan fingerprint density at radius 1 is 1.04 bits per heavy atom. The SMILES string of the molecule is O=CC1CN(Cc2ccccc2)CCN1C(=O)Cc1ccc(Cl)c(Cl)c1. The van der Waals surface area contributed by atoms with Crippen molar-refractivity contribution in [3.63, 3.8) is 0 Å². The van der Waals surface area contributed by atoms with Crippen LogP contribution in [0, 0.1) is 0 Å². The highest BCUT2D eigenvalue weighted by molar-refractivity contribution is 6.42. The highest BCUT2D eigenvalue weighted by atomic mass is 35.5. The van der Waals surface area contributed by atoms with E-state index in [2.05, 4.69) is 17.0 Å². The van der Waals surface area contributed by atoms with Gasteiger partial charge in [0.1, 0.15) is 12.3 Å². The molecule has 0 bridgehead atoms. The molecule has 4 nitrogen and oxygen atoms in total. The van der Waals surface area contributed by atoms with Crippen LogP contribution < -0.4 is 0 Å². The lowest BCUT2D eigenvalue weighted by Gasteiger charge is -2.39. The number of rotatable bonds is 5. The van der Waals surface area contributed by atoms with Crippen LogP contribution in [0.4, 0.5) is 0 Å². The van der Waals surface area contributed by atoms with Crippen LogP contribution in [-0.4, -0.2) is 47.7 Å². The van der Waals surface area contributed by atoms with Crippen molar-refractivity contribution in [2.24, 2.45) is 0 Å². The van der Waals surface area contributed by atoms with Gasteiger partial charge in [0.15, 0.2) is 0 Å². The summed E-state index contributed by atoms with van der Waals surface area (Å²) < 4.78 is 0. The number of piperazine rings is 1. The number of hydrogen-bond acceptors (Lipinski definition) is 3. The van der Waals surface area contributed by atoms with Gasteiger partial charge < -0.3 is 9.69 Å². The molecular formula is C20H20Cl2N2O2. The first-order valence-electron chi connectivity index (χ1n) is 8.52. The Morgan fingerprint density at radius 2 is 1.81 bits per heavy atom. The Morgan fingerprint density at radius 3 is 2.50 bits per heavy atom. The zero-order valence-corrected chi connectivity index (χ0v) is 15.8. The molecule has 0 aliphatic carbocycles. The van der Waals surface area contributed by atoms with Crippen molar-refractivity contribution in [2.75, 3.05) is 19.6 Å². The van der Waals surface area contributed by atoms with Gasteiger partial charge in [-0.3, -0.25) is 9.69 Å². The third-order valence-electron chi connectivity index (χ3n) is 4.57. The average molecular weight is 391 g/mol. The highest BCUT2D eigenvalue weighted by Crippen LogP contribution is 2.23. The lowest BCUT2D eigenvalue weighted by Crippen LogP contribution is -2.55. The molecule has 0 radical (unpaired) electrons. The van der Waals surface area contributed by atoms with Crippen LogP contribution in [0.1, 0.15) is 11.1 Å². The number of amides is 1. The first-order valence-corrected chi connectivity index (χ1v) is 9.27. The Labute approximate surface area is 163 Å². The van der Waals surface area contributed by atoms with Crippen molar-refractivity contribution in [2.45, 2.75) is 19.0 Å². The molecule has 0 N–H and O–H groups in total. The van der Waals surface area contributed by atoms with E-state index in [1.807, 2.05) is 18.2 Å². The lowest BCUT2D eigenvalue weighted by molar-refractivity contribution is -0.138. The van der Waals surface area contributed by atoms with Crippen molar-refractivity contribution >= 4 is 35.4 Å². The van der Waals surface area contributed by atoms with E-state index in [-0.39, 0.29) is 12.3 Å². The molecule has 1 saturated heterocycles. The topological polar surface area (TPSA) is 40.6 Å². The largest absolute Gasteiger partial charge is 0.330 e. The van der Waals surface area contributed by atoms with E-state index in [9.17, 15) is 9.59 Å². The maximum atomic E-state index is 12.7. The Hall–Kier alpha value is -1.88. The molecule has 1 fully saturated rings. The van der Waals surface area contributed by atoms with Gasteiger partial charge in [0.2, 0.25) is 5.91 Å². The van der Waals surface area contributed by atoms with E-state index in [1.165, 1.54) is 5.56 Å². The average Bonchev–Trinajstić information content (AvgIpc) is 2.65. The van der Waals surface area contributed by atoms with E-state index in [0.29, 0.717) is 23.1 Å². The van der Waals surface area contributed by atoms with Crippen molar-refractivity contribution in [3.05, 3.63) is 69.7 Å². The maximum absolute atomic E-state index is 12.7. The van der Waals surface area contributed by atoms with Gasteiger partial charge in [-0.05, 0) is 23.3 Å². The van der Waals surface area contributed by atoms with E-state index >= 15 is 0 Å². The summed E-state index contributed by atoms with van der Waals surface area (Å²) in [5.41, 5.74) is 1.99. The molecule has 6 heteroatoms. The lowest BCUT2D eigenvalue weighted by atomic mass is 10.1. The number of benzene rings is 2. The summed E-state index contributed by atoms with van der Waals surface area (Å²) in [6.45, 7) is 2.61. The van der Waals surface area contributed by atoms with Gasteiger partial charge in [0.25, 0.3) is 0 Å². The Kier molecular flexibility index (Phi) is 6.30. The molecule has 1 amide bonds. The third kappa shape index (κ3) is 4.64. The second-order valence-electron chi connectivity index (χ2n) is 6.44. The fraction of sp³-hybridized carbons (Fsp3) is 0.300. The fourth-order valence-electron chi connectivity index (χ4n) is 3.21. The van der Waals surface area contributed by atoms with Gasteiger partial charge >= 0.3 is 0 Å². The molecule has 1 unspecified atom stereocenters. The zero-order chi connectivity index (χ0) is 18.5. The molecule has 1 heterocycles. The monoisotopic (exact) mass is 390 g/mol. The van der Waals surface area contributed by atoms with Gasteiger partial charge in [0.05, 0.1) is 16.5 Å². The van der Waals surface area contributed by atoms with E-state index < -0.39 is 6.04 Å². The van der Waals surface area contributed by atoms with Crippen molar-refractivity contribution in [3.8, 4) is 0 Å². The van der Waals surface area contributed by atoms with Crippen LogP contribution in [0.5, 0.6) is 0 Å². The molecule has 1 atom stereocenters. The van der Waals surface area contributed by atoms with Crippen LogP contribution in [0.3, 0.4) is 0 Å². The molecular weight excluding hydrogens is 371 g/mol. The normalized spacial score (nSPS) is 17.9. The standard InChI is InChI=1S/C20H20Cl2N2O2/c21-18-7-6-16(10-19(18)22)11-20(26)24-9-8-23(13-17(24)14-25)12-15-4-2-1-3-5-15/h1-7,10,14,17H,8-9,11-13H2. The molecule has 2 aromatic rings. The molecule has 1 aliphatic heterocycles. The van der Waals surface area contributed by atoms with E-state index in [1.54, 1.807) is 23.1 Å². The summed E-state index contributed by atoms with van der Waals surface area (Å²) in [4.78, 5) is 28.1. The van der Waals surface area contributed by atoms with Gasteiger partial charge in [-0.1, -0.05) is 59.6 Å². The van der Waals surface area contributed by atoms with Gasteiger partial charge in [-0.25, -0.2) is 0 Å². The van der Waals surface area contributed by atoms with Crippen molar-refractivity contribution < 1.29 is 9.59 Å². The molecule has 0 saturated carbocycles. The quantitative estimate of drug-likeness (QED) is 0.734. The number of nitrogens with zero attached hydrogens (tertiary/aromatic N) is 2. The molecule has 0 spiro atoms. The van der Waals surface area contributed by atoms with Crippen LogP contribution in [0.25, 0.3) is 0 Å². The number of carbonyl (C=O) groups excluding carboxylic acids is 2. The summed E-state index contributed by atoms with van der Waals surface area (Å²) in [7, 11) is 0. The Bertz CT molecular complexity index is 783. The number of aldehydes is 1. The smallest absolute Gasteiger partial charge is 0.227 e. The van der Waals surface area contributed by atoms with Crippen LogP contribution in [0.2, 0.25) is 10.0 Å². The van der Waals surface area contributed by atoms with Gasteiger partial charge in [0, 0.05) is 26.2 Å². The molecule has 1 aliphatic rings. The zero-order valence-electron chi connectivity index (χ0n) is 14.3. The summed E-state index contributed by atoms with van der Waals surface area (Å²) in [6.07, 6.45) is 1.07. The summed E-state index contributed by atoms with van der Waals surface area (Å²) in [5, 5.41) is 0.889. The second-order valence-corrected chi connectivity index (χ2v) is 7.25. The van der Waals surface area contributed by atoms with Crippen molar-refractivity contribution in [1.29, 1.82) is 0 Å². The minimum Gasteiger partial charge on any atom is -0.330 e. The van der Waals surface area contributed by atoms with Crippen LogP contribution in [0.15, 0.2) is 48.5 Å². The van der Waals surface area contributed by atoms with Gasteiger partial charge in [-0.15, -0.1) is 0 Å². The molecule has 0 aromatic heterocycles. The molecule has 3 rings (SSSR count).